The molecular formula is C41H54F3N5O9S. The summed E-state index contributed by atoms with van der Waals surface area (Å²) in [5.41, 5.74) is -4.74. The Hall–Kier alpha value is -4.61. The number of sulfonamides is 1. The first kappa shape index (κ1) is 44.0. The second kappa shape index (κ2) is 16.1. The number of carbonyl (C=O) groups is 4. The van der Waals surface area contributed by atoms with Crippen molar-refractivity contribution >= 4 is 44.6 Å². The van der Waals surface area contributed by atoms with Crippen LogP contribution < -0.4 is 19.5 Å². The number of hydrogen-bond acceptors (Lipinski definition) is 9. The molecule has 6 rings (SSSR count). The van der Waals surface area contributed by atoms with Crippen LogP contribution in [0.15, 0.2) is 42.6 Å². The van der Waals surface area contributed by atoms with E-state index in [4.69, 9.17) is 9.47 Å². The number of allylic oxidation sites excluding steroid dienone is 1. The largest absolute Gasteiger partial charge is 0.494 e. The maximum Gasteiger partial charge on any atom is 0.411 e. The minimum absolute atomic E-state index is 0.0558. The normalized spacial score (nSPS) is 28.7. The summed E-state index contributed by atoms with van der Waals surface area (Å²) in [6, 6.07) is 3.65. The molecule has 3 fully saturated rings. The van der Waals surface area contributed by atoms with Gasteiger partial charge in [-0.05, 0) is 108 Å². The molecule has 3 N–H and O–H groups in total. The average molecular weight is 850 g/mol. The fraction of sp³-hybridized carbons (Fsp3) is 0.634. The van der Waals surface area contributed by atoms with Gasteiger partial charge in [-0.2, -0.15) is 13.2 Å². The first-order chi connectivity index (χ1) is 27.6. The second-order valence-electron chi connectivity index (χ2n) is 17.2. The van der Waals surface area contributed by atoms with E-state index in [0.29, 0.717) is 62.7 Å². The SMILES string of the molecule is CCOc1ccc2c(O[C@@H]3C[C@H]4C(=O)N[C@]5(C(=O)NS(=O)(=O)C6(C)CC6)C[C@H]5C=CCC[C@@H](C)C[C@@H](CC)[C@H](N(C(=O)O)C(C)(C)C(F)(F)F)C(=O)N4C3)nccc2c1. The summed E-state index contributed by atoms with van der Waals surface area (Å²) < 4.78 is 83.9. The van der Waals surface area contributed by atoms with Crippen molar-refractivity contribution in [2.24, 2.45) is 17.8 Å². The van der Waals surface area contributed by atoms with Crippen LogP contribution in [0.2, 0.25) is 0 Å². The van der Waals surface area contributed by atoms with E-state index in [-0.39, 0.29) is 48.9 Å². The summed E-state index contributed by atoms with van der Waals surface area (Å²) in [4.78, 5) is 62.4. The standard InChI is InChI=1S/C41H54F3N5O9S/c1-7-25-19-24(3)11-9-10-12-27-22-40(27,36(52)47-59(55,56)39(6)16-17-39)46-33(50)31-21-29(58-34-30-14-13-28(57-8-2)20-26(30)15-18-45-34)23-48(31)35(51)32(25)49(37(53)54)38(4,5)41(42,43)44/h10,12-15,18,20,24-25,27,29,31-32H,7-9,11,16-17,19,21-23H2,1-6H3,(H,46,50)(H,47,52)(H,53,54)/t24-,25-,27-,29-,31+,32+,40-/m1/s1. The topological polar surface area (TPSA) is 185 Å². The number of nitrogens with zero attached hydrogens (tertiary/aromatic N) is 3. The van der Waals surface area contributed by atoms with Gasteiger partial charge in [-0.1, -0.05) is 32.4 Å². The lowest BCUT2D eigenvalue weighted by atomic mass is 9.82. The van der Waals surface area contributed by atoms with Gasteiger partial charge in [0.25, 0.3) is 5.91 Å². The molecule has 14 nitrogen and oxygen atoms in total. The number of hydrogen-bond donors (Lipinski definition) is 3. The van der Waals surface area contributed by atoms with Crippen molar-refractivity contribution in [1.29, 1.82) is 0 Å². The van der Waals surface area contributed by atoms with Crippen molar-refractivity contribution in [3.63, 3.8) is 0 Å². The van der Waals surface area contributed by atoms with E-state index in [1.165, 1.54) is 13.1 Å². The van der Waals surface area contributed by atoms with Gasteiger partial charge in [0.2, 0.25) is 27.7 Å². The number of carbonyl (C=O) groups excluding carboxylic acids is 3. The Bertz CT molecular complexity index is 2110. The van der Waals surface area contributed by atoms with Gasteiger partial charge in [0, 0.05) is 23.9 Å². The quantitative estimate of drug-likeness (QED) is 0.242. The molecule has 59 heavy (non-hydrogen) atoms. The van der Waals surface area contributed by atoms with Gasteiger partial charge in [-0.3, -0.25) is 24.0 Å². The summed E-state index contributed by atoms with van der Waals surface area (Å²) in [7, 11) is -4.12. The zero-order valence-electron chi connectivity index (χ0n) is 34.2. The number of carboxylic acid groups (broad SMARTS) is 1. The molecule has 18 heteroatoms. The molecule has 0 spiro atoms. The number of pyridine rings is 1. The van der Waals surface area contributed by atoms with E-state index in [9.17, 15) is 41.1 Å². The first-order valence-corrected chi connectivity index (χ1v) is 21.7. The Morgan fingerprint density at radius 3 is 2.47 bits per heavy atom. The Morgan fingerprint density at radius 1 is 1.14 bits per heavy atom. The van der Waals surface area contributed by atoms with Crippen LogP contribution in [-0.4, -0.2) is 105 Å². The maximum atomic E-state index is 15.1. The Kier molecular flexibility index (Phi) is 12.0. The molecule has 2 aliphatic heterocycles. The number of ether oxygens (including phenoxy) is 2. The minimum atomic E-state index is -5.09. The number of fused-ring (bicyclic) bond motifs is 3. The van der Waals surface area contributed by atoms with Crippen LogP contribution >= 0.6 is 0 Å². The lowest BCUT2D eigenvalue weighted by molar-refractivity contribution is -0.222. The lowest BCUT2D eigenvalue weighted by Crippen LogP contribution is -2.66. The van der Waals surface area contributed by atoms with Crippen molar-refractivity contribution in [2.45, 2.75) is 133 Å². The fourth-order valence-electron chi connectivity index (χ4n) is 8.41. The molecule has 3 heterocycles. The number of alkyl halides is 3. The van der Waals surface area contributed by atoms with E-state index < -0.39 is 85.9 Å². The van der Waals surface area contributed by atoms with Gasteiger partial charge in [0.1, 0.15) is 35.0 Å². The van der Waals surface area contributed by atoms with Gasteiger partial charge in [0.15, 0.2) is 0 Å². The van der Waals surface area contributed by atoms with E-state index in [1.54, 1.807) is 37.3 Å². The van der Waals surface area contributed by atoms with E-state index >= 15 is 4.79 Å². The predicted molar refractivity (Wildman–Crippen MR) is 211 cm³/mol. The Balaban J connectivity index is 1.43. The number of nitrogens with one attached hydrogen (secondary N) is 2. The van der Waals surface area contributed by atoms with Crippen molar-refractivity contribution in [1.82, 2.24) is 24.8 Å². The summed E-state index contributed by atoms with van der Waals surface area (Å²) in [5.74, 6) is -3.75. The third-order valence-electron chi connectivity index (χ3n) is 12.6. The van der Waals surface area contributed by atoms with Crippen LogP contribution in [0.3, 0.4) is 0 Å². The third kappa shape index (κ3) is 8.55. The van der Waals surface area contributed by atoms with Gasteiger partial charge in [-0.25, -0.2) is 18.2 Å². The molecule has 2 saturated carbocycles. The zero-order chi connectivity index (χ0) is 43.3. The molecular weight excluding hydrogens is 796 g/mol. The number of aromatic nitrogens is 1. The fourth-order valence-corrected chi connectivity index (χ4v) is 9.72. The summed E-state index contributed by atoms with van der Waals surface area (Å²) in [6.45, 7) is 8.43. The minimum Gasteiger partial charge on any atom is -0.494 e. The summed E-state index contributed by atoms with van der Waals surface area (Å²) in [6.07, 6.45) is -1.07. The van der Waals surface area contributed by atoms with Crippen LogP contribution in [0, 0.1) is 17.8 Å². The zero-order valence-corrected chi connectivity index (χ0v) is 35.0. The molecule has 0 radical (unpaired) electrons. The van der Waals surface area contributed by atoms with E-state index in [2.05, 4.69) is 15.0 Å². The molecule has 7 atom stereocenters. The van der Waals surface area contributed by atoms with Gasteiger partial charge in [-0.15, -0.1) is 0 Å². The van der Waals surface area contributed by atoms with Crippen molar-refractivity contribution < 1.29 is 55.3 Å². The molecule has 1 saturated heterocycles. The number of rotatable bonds is 10. The molecule has 0 unspecified atom stereocenters. The van der Waals surface area contributed by atoms with Crippen LogP contribution in [0.25, 0.3) is 10.8 Å². The smallest absolute Gasteiger partial charge is 0.411 e. The van der Waals surface area contributed by atoms with E-state index in [1.807, 2.05) is 19.9 Å². The van der Waals surface area contributed by atoms with Crippen molar-refractivity contribution in [3.05, 3.63) is 42.6 Å². The van der Waals surface area contributed by atoms with Gasteiger partial charge < -0.3 is 24.8 Å². The highest BCUT2D eigenvalue weighted by atomic mass is 32.2. The molecule has 4 aliphatic rings. The highest BCUT2D eigenvalue weighted by Crippen LogP contribution is 2.48. The molecule has 0 bridgehead atoms. The first-order valence-electron chi connectivity index (χ1n) is 20.2. The Morgan fingerprint density at radius 2 is 1.85 bits per heavy atom. The number of halogens is 3. The van der Waals surface area contributed by atoms with Gasteiger partial charge in [0.05, 0.1) is 17.9 Å². The molecule has 4 amide bonds. The number of amides is 4. The molecule has 2 aliphatic carbocycles. The third-order valence-corrected chi connectivity index (χ3v) is 14.8. The molecule has 1 aromatic carbocycles. The van der Waals surface area contributed by atoms with Crippen LogP contribution in [0.4, 0.5) is 18.0 Å². The molecule has 1 aromatic heterocycles. The predicted octanol–water partition coefficient (Wildman–Crippen LogP) is 5.95. The summed E-state index contributed by atoms with van der Waals surface area (Å²) in [5, 5.41) is 14.6. The molecule has 324 valence electrons. The molecule has 2 aromatic rings. The average Bonchev–Trinajstić information content (AvgIpc) is 4.03. The highest BCUT2D eigenvalue weighted by molar-refractivity contribution is 7.91. The van der Waals surface area contributed by atoms with E-state index in [0.717, 1.165) is 4.90 Å². The van der Waals surface area contributed by atoms with Crippen LogP contribution in [0.5, 0.6) is 11.6 Å². The maximum absolute atomic E-state index is 15.1. The summed E-state index contributed by atoms with van der Waals surface area (Å²) >= 11 is 0. The number of benzene rings is 1. The second-order valence-corrected chi connectivity index (χ2v) is 19.4. The van der Waals surface area contributed by atoms with Gasteiger partial charge >= 0.3 is 12.3 Å². The van der Waals surface area contributed by atoms with Crippen molar-refractivity contribution in [2.75, 3.05) is 13.2 Å². The Labute approximate surface area is 342 Å². The highest BCUT2D eigenvalue weighted by Gasteiger charge is 2.64. The van der Waals surface area contributed by atoms with Crippen molar-refractivity contribution in [3.8, 4) is 11.6 Å². The monoisotopic (exact) mass is 849 g/mol. The lowest BCUT2D eigenvalue weighted by Gasteiger charge is -2.46. The van der Waals surface area contributed by atoms with Crippen LogP contribution in [0.1, 0.15) is 92.9 Å². The van der Waals surface area contributed by atoms with Crippen LogP contribution in [-0.2, 0) is 24.4 Å².